The lowest BCUT2D eigenvalue weighted by molar-refractivity contribution is 0.0464. The van der Waals surface area contributed by atoms with Crippen molar-refractivity contribution >= 4 is 0 Å². The van der Waals surface area contributed by atoms with E-state index in [9.17, 15) is 0 Å². The van der Waals surface area contributed by atoms with E-state index in [1.807, 2.05) is 0 Å². The Morgan fingerprint density at radius 2 is 1.92 bits per heavy atom. The summed E-state index contributed by atoms with van der Waals surface area (Å²) in [5.74, 6) is 0. The fourth-order valence-corrected chi connectivity index (χ4v) is 2.04. The molecule has 0 saturated carbocycles. The minimum absolute atomic E-state index is 0.682. The van der Waals surface area contributed by atoms with Gasteiger partial charge in [0.15, 0.2) is 0 Å². The second-order valence-electron chi connectivity index (χ2n) is 4.09. The third-order valence-electron chi connectivity index (χ3n) is 2.87. The number of nitrogens with one attached hydrogen (secondary N) is 1. The molecule has 0 radical (unpaired) electrons. The van der Waals surface area contributed by atoms with Gasteiger partial charge in [0.1, 0.15) is 0 Å². The molecule has 3 N–H and O–H groups in total. The van der Waals surface area contributed by atoms with E-state index in [1.54, 1.807) is 0 Å². The highest BCUT2D eigenvalue weighted by Crippen LogP contribution is 2.19. The molecular formula is C10H23N3. The smallest absolute Gasteiger partial charge is 0.0218 e. The number of hydrogen-bond donors (Lipinski definition) is 2. The molecule has 3 heteroatoms. The van der Waals surface area contributed by atoms with Crippen molar-refractivity contribution in [3.05, 3.63) is 0 Å². The molecular weight excluding hydrogens is 162 g/mol. The van der Waals surface area contributed by atoms with E-state index < -0.39 is 0 Å². The third-order valence-corrected chi connectivity index (χ3v) is 2.87. The molecule has 0 bridgehead atoms. The normalized spacial score (nSPS) is 30.7. The van der Waals surface area contributed by atoms with Gasteiger partial charge in [-0.3, -0.25) is 5.43 Å². The van der Waals surface area contributed by atoms with Crippen LogP contribution in [0.5, 0.6) is 0 Å². The quantitative estimate of drug-likeness (QED) is 0.645. The van der Waals surface area contributed by atoms with Crippen LogP contribution in [0, 0.1) is 0 Å². The van der Waals surface area contributed by atoms with Crippen molar-refractivity contribution in [2.45, 2.75) is 51.6 Å². The Labute approximate surface area is 81.6 Å². The molecule has 78 valence electrons. The van der Waals surface area contributed by atoms with E-state index in [1.165, 1.54) is 19.3 Å². The molecule has 1 heterocycles. The summed E-state index contributed by atoms with van der Waals surface area (Å²) in [5, 5.41) is 2.40. The summed E-state index contributed by atoms with van der Waals surface area (Å²) in [5.41, 5.74) is 8.93. The van der Waals surface area contributed by atoms with Gasteiger partial charge in [0, 0.05) is 18.6 Å². The van der Waals surface area contributed by atoms with Crippen LogP contribution in [0.25, 0.3) is 0 Å². The third kappa shape index (κ3) is 3.25. The number of hydrazine groups is 1. The van der Waals surface area contributed by atoms with Gasteiger partial charge in [0.2, 0.25) is 0 Å². The first kappa shape index (κ1) is 11.0. The van der Waals surface area contributed by atoms with Crippen LogP contribution in [0.15, 0.2) is 0 Å². The van der Waals surface area contributed by atoms with Crippen molar-refractivity contribution < 1.29 is 0 Å². The Balaban J connectivity index is 2.26. The van der Waals surface area contributed by atoms with E-state index in [2.05, 4.69) is 24.3 Å². The molecule has 0 aromatic rings. The van der Waals surface area contributed by atoms with Crippen LogP contribution in [0.2, 0.25) is 0 Å². The molecule has 0 aliphatic carbocycles. The van der Waals surface area contributed by atoms with Gasteiger partial charge in [-0.2, -0.15) is 0 Å². The molecule has 1 aliphatic rings. The van der Waals surface area contributed by atoms with Crippen LogP contribution in [-0.4, -0.2) is 30.2 Å². The van der Waals surface area contributed by atoms with Crippen LogP contribution in [-0.2, 0) is 0 Å². The fraction of sp³-hybridized carbons (Fsp3) is 1.00. The lowest BCUT2D eigenvalue weighted by Gasteiger charge is -2.39. The van der Waals surface area contributed by atoms with Crippen molar-refractivity contribution in [1.29, 1.82) is 0 Å². The lowest BCUT2D eigenvalue weighted by Crippen LogP contribution is -2.52. The average Bonchev–Trinajstić information content (AvgIpc) is 2.10. The number of hydrogen-bond acceptors (Lipinski definition) is 3. The monoisotopic (exact) mass is 185 g/mol. The molecule has 0 aromatic heterocycles. The Hall–Kier alpha value is -0.120. The summed E-state index contributed by atoms with van der Waals surface area (Å²) >= 11 is 0. The van der Waals surface area contributed by atoms with E-state index in [0.29, 0.717) is 12.1 Å². The SMILES string of the molecule is CC1CCCC(C)N1NCCCN. The Bertz CT molecular complexity index is 128. The predicted octanol–water partition coefficient (Wildman–Crippen LogP) is 1.10. The molecule has 2 unspecified atom stereocenters. The highest BCUT2D eigenvalue weighted by atomic mass is 15.5. The summed E-state index contributed by atoms with van der Waals surface area (Å²) < 4.78 is 0. The summed E-state index contributed by atoms with van der Waals surface area (Å²) in [6.07, 6.45) is 5.08. The average molecular weight is 185 g/mol. The first-order valence-corrected chi connectivity index (χ1v) is 5.47. The first-order chi connectivity index (χ1) is 6.25. The van der Waals surface area contributed by atoms with Gasteiger partial charge in [-0.15, -0.1) is 0 Å². The zero-order valence-electron chi connectivity index (χ0n) is 8.92. The molecule has 13 heavy (non-hydrogen) atoms. The number of piperidine rings is 1. The van der Waals surface area contributed by atoms with Crippen LogP contribution in [0.4, 0.5) is 0 Å². The van der Waals surface area contributed by atoms with Crippen LogP contribution >= 0.6 is 0 Å². The molecule has 1 saturated heterocycles. The second kappa shape index (κ2) is 5.58. The molecule has 2 atom stereocenters. The maximum absolute atomic E-state index is 5.45. The van der Waals surface area contributed by atoms with Gasteiger partial charge >= 0.3 is 0 Å². The molecule has 1 rings (SSSR count). The molecule has 1 aliphatic heterocycles. The maximum atomic E-state index is 5.45. The number of rotatable bonds is 4. The minimum atomic E-state index is 0.682. The van der Waals surface area contributed by atoms with E-state index in [4.69, 9.17) is 5.73 Å². The molecule has 1 fully saturated rings. The topological polar surface area (TPSA) is 41.3 Å². The van der Waals surface area contributed by atoms with Gasteiger partial charge in [-0.25, -0.2) is 5.01 Å². The molecule has 0 spiro atoms. The van der Waals surface area contributed by atoms with Crippen molar-refractivity contribution in [2.75, 3.05) is 13.1 Å². The summed E-state index contributed by atoms with van der Waals surface area (Å²) in [7, 11) is 0. The van der Waals surface area contributed by atoms with Crippen LogP contribution < -0.4 is 11.2 Å². The summed E-state index contributed by atoms with van der Waals surface area (Å²) in [6.45, 7) is 6.39. The van der Waals surface area contributed by atoms with Crippen LogP contribution in [0.3, 0.4) is 0 Å². The van der Waals surface area contributed by atoms with Gasteiger partial charge in [-0.1, -0.05) is 6.42 Å². The largest absolute Gasteiger partial charge is 0.330 e. The molecule has 0 amide bonds. The van der Waals surface area contributed by atoms with Crippen molar-refractivity contribution in [3.63, 3.8) is 0 Å². The van der Waals surface area contributed by atoms with E-state index in [-0.39, 0.29) is 0 Å². The maximum Gasteiger partial charge on any atom is 0.0218 e. The highest BCUT2D eigenvalue weighted by Gasteiger charge is 2.23. The molecule has 3 nitrogen and oxygen atoms in total. The minimum Gasteiger partial charge on any atom is -0.330 e. The highest BCUT2D eigenvalue weighted by molar-refractivity contribution is 4.76. The second-order valence-corrected chi connectivity index (χ2v) is 4.09. The lowest BCUT2D eigenvalue weighted by atomic mass is 10.00. The standard InChI is InChI=1S/C10H23N3/c1-9-5-3-6-10(2)13(9)12-8-4-7-11/h9-10,12H,3-8,11H2,1-2H3. The zero-order valence-corrected chi connectivity index (χ0v) is 8.92. The van der Waals surface area contributed by atoms with Crippen LogP contribution in [0.1, 0.15) is 39.5 Å². The zero-order chi connectivity index (χ0) is 9.68. The number of nitrogens with zero attached hydrogens (tertiary/aromatic N) is 1. The van der Waals surface area contributed by atoms with Gasteiger partial charge in [0.25, 0.3) is 0 Å². The van der Waals surface area contributed by atoms with Crippen molar-refractivity contribution in [2.24, 2.45) is 5.73 Å². The van der Waals surface area contributed by atoms with Crippen molar-refractivity contribution in [1.82, 2.24) is 10.4 Å². The van der Waals surface area contributed by atoms with Gasteiger partial charge in [0.05, 0.1) is 0 Å². The van der Waals surface area contributed by atoms with Gasteiger partial charge < -0.3 is 5.73 Å². The first-order valence-electron chi connectivity index (χ1n) is 5.47. The van der Waals surface area contributed by atoms with Gasteiger partial charge in [-0.05, 0) is 39.7 Å². The predicted molar refractivity (Wildman–Crippen MR) is 56.3 cm³/mol. The van der Waals surface area contributed by atoms with Crippen molar-refractivity contribution in [3.8, 4) is 0 Å². The fourth-order valence-electron chi connectivity index (χ4n) is 2.04. The van der Waals surface area contributed by atoms with E-state index in [0.717, 1.165) is 19.5 Å². The molecule has 0 aromatic carbocycles. The Kier molecular flexibility index (Phi) is 4.70. The summed E-state index contributed by atoms with van der Waals surface area (Å²) in [4.78, 5) is 0. The Morgan fingerprint density at radius 1 is 1.31 bits per heavy atom. The summed E-state index contributed by atoms with van der Waals surface area (Å²) in [6, 6.07) is 1.36. The van der Waals surface area contributed by atoms with E-state index >= 15 is 0 Å². The Morgan fingerprint density at radius 3 is 2.46 bits per heavy atom. The number of nitrogens with two attached hydrogens (primary N) is 1.